The molecular weight excluding hydrogens is 280 g/mol. The zero-order chi connectivity index (χ0) is 13.8. The third-order valence-corrected chi connectivity index (χ3v) is 3.08. The molecule has 0 radical (unpaired) electrons. The number of halogens is 1. The number of rotatable bonds is 4. The van der Waals surface area contributed by atoms with Gasteiger partial charge in [-0.1, -0.05) is 36.0 Å². The average molecular weight is 293 g/mol. The number of anilines is 2. The number of nitrogens with two attached hydrogens (primary N) is 1. The quantitative estimate of drug-likeness (QED) is 0.843. The fraction of sp³-hybridized carbons (Fsp3) is 0.0714. The van der Waals surface area contributed by atoms with E-state index in [1.165, 1.54) is 0 Å². The molecule has 0 aliphatic carbocycles. The monoisotopic (exact) mass is 292 g/mol. The molecule has 0 aliphatic heterocycles. The Labute approximate surface area is 122 Å². The molecule has 0 spiro atoms. The van der Waals surface area contributed by atoms with Gasteiger partial charge in [0.2, 0.25) is 0 Å². The highest BCUT2D eigenvalue weighted by atomic mass is 35.5. The van der Waals surface area contributed by atoms with Crippen LogP contribution in [0.4, 0.5) is 11.4 Å². The molecule has 0 amide bonds. The molecule has 0 fully saturated rings. The molecule has 98 valence electrons. The van der Waals surface area contributed by atoms with Gasteiger partial charge in [-0.15, -0.1) is 0 Å². The number of ether oxygens (including phenoxy) is 1. The van der Waals surface area contributed by atoms with Crippen LogP contribution < -0.4 is 15.8 Å². The summed E-state index contributed by atoms with van der Waals surface area (Å²) in [6.45, 7) is 0. The van der Waals surface area contributed by atoms with Gasteiger partial charge in [0.15, 0.2) is 0 Å². The number of hydrogen-bond acceptors (Lipinski definition) is 3. The number of thiocarbonyl (C=S) groups is 1. The molecule has 0 unspecified atom stereocenters. The SMILES string of the molecule is COc1ccccc1Nc1cc(Cl)ccc1C(N)=S. The summed E-state index contributed by atoms with van der Waals surface area (Å²) in [6.07, 6.45) is 0. The van der Waals surface area contributed by atoms with Gasteiger partial charge in [0.05, 0.1) is 18.5 Å². The second-order valence-electron chi connectivity index (χ2n) is 3.88. The van der Waals surface area contributed by atoms with Gasteiger partial charge in [-0.25, -0.2) is 0 Å². The molecule has 5 heteroatoms. The summed E-state index contributed by atoms with van der Waals surface area (Å²) in [6, 6.07) is 12.9. The Bertz CT molecular complexity index is 616. The van der Waals surface area contributed by atoms with E-state index in [1.807, 2.05) is 24.3 Å². The van der Waals surface area contributed by atoms with Gasteiger partial charge in [0.1, 0.15) is 10.7 Å². The minimum Gasteiger partial charge on any atom is -0.495 e. The standard InChI is InChI=1S/C14H13ClN2OS/c1-18-13-5-3-2-4-11(13)17-12-8-9(15)6-7-10(12)14(16)19/h2-8,17H,1H3,(H2,16,19). The average Bonchev–Trinajstić information content (AvgIpc) is 2.39. The van der Waals surface area contributed by atoms with Crippen LogP contribution in [0.5, 0.6) is 5.75 Å². The van der Waals surface area contributed by atoms with Crippen LogP contribution in [0.1, 0.15) is 5.56 Å². The lowest BCUT2D eigenvalue weighted by Crippen LogP contribution is -2.12. The molecule has 2 rings (SSSR count). The van der Waals surface area contributed by atoms with Crippen LogP contribution in [0.2, 0.25) is 5.02 Å². The molecule has 0 atom stereocenters. The van der Waals surface area contributed by atoms with E-state index >= 15 is 0 Å². The van der Waals surface area contributed by atoms with Crippen molar-refractivity contribution in [1.29, 1.82) is 0 Å². The van der Waals surface area contributed by atoms with Gasteiger partial charge in [-0.2, -0.15) is 0 Å². The Morgan fingerprint density at radius 3 is 2.63 bits per heavy atom. The molecule has 3 N–H and O–H groups in total. The first kappa shape index (κ1) is 13.6. The van der Waals surface area contributed by atoms with Crippen molar-refractivity contribution in [2.45, 2.75) is 0 Å². The Balaban J connectivity index is 2.42. The van der Waals surface area contributed by atoms with E-state index in [2.05, 4.69) is 5.32 Å². The smallest absolute Gasteiger partial charge is 0.142 e. The second kappa shape index (κ2) is 5.91. The highest BCUT2D eigenvalue weighted by Gasteiger charge is 2.08. The molecular formula is C14H13ClN2OS. The maximum Gasteiger partial charge on any atom is 0.142 e. The number of hydrogen-bond donors (Lipinski definition) is 2. The zero-order valence-electron chi connectivity index (χ0n) is 10.3. The molecule has 0 aromatic heterocycles. The van der Waals surface area contributed by atoms with Gasteiger partial charge in [0, 0.05) is 10.6 Å². The first-order valence-electron chi connectivity index (χ1n) is 5.61. The normalized spacial score (nSPS) is 10.0. The lowest BCUT2D eigenvalue weighted by Gasteiger charge is -2.14. The van der Waals surface area contributed by atoms with Crippen LogP contribution in [-0.4, -0.2) is 12.1 Å². The van der Waals surface area contributed by atoms with E-state index in [0.717, 1.165) is 22.7 Å². The van der Waals surface area contributed by atoms with Gasteiger partial charge in [-0.05, 0) is 30.3 Å². The van der Waals surface area contributed by atoms with Gasteiger partial charge < -0.3 is 15.8 Å². The van der Waals surface area contributed by atoms with Gasteiger partial charge >= 0.3 is 0 Å². The van der Waals surface area contributed by atoms with Gasteiger partial charge in [0.25, 0.3) is 0 Å². The molecule has 0 saturated heterocycles. The van der Waals surface area contributed by atoms with Crippen molar-refractivity contribution >= 4 is 40.2 Å². The van der Waals surface area contributed by atoms with Crippen molar-refractivity contribution in [2.24, 2.45) is 5.73 Å². The Hall–Kier alpha value is -1.78. The molecule has 0 saturated carbocycles. The highest BCUT2D eigenvalue weighted by molar-refractivity contribution is 7.80. The van der Waals surface area contributed by atoms with Crippen molar-refractivity contribution in [3.8, 4) is 5.75 Å². The summed E-state index contributed by atoms with van der Waals surface area (Å²) in [5.74, 6) is 0.733. The van der Waals surface area contributed by atoms with E-state index < -0.39 is 0 Å². The maximum atomic E-state index is 6.01. The summed E-state index contributed by atoms with van der Waals surface area (Å²) >= 11 is 11.0. The predicted molar refractivity (Wildman–Crippen MR) is 83.6 cm³/mol. The van der Waals surface area contributed by atoms with Crippen molar-refractivity contribution < 1.29 is 4.74 Å². The topological polar surface area (TPSA) is 47.3 Å². The Morgan fingerprint density at radius 2 is 1.95 bits per heavy atom. The molecule has 0 bridgehead atoms. The lowest BCUT2D eigenvalue weighted by molar-refractivity contribution is 0.417. The van der Waals surface area contributed by atoms with Crippen molar-refractivity contribution in [2.75, 3.05) is 12.4 Å². The van der Waals surface area contributed by atoms with Crippen LogP contribution in [0, 0.1) is 0 Å². The third kappa shape index (κ3) is 3.16. The largest absolute Gasteiger partial charge is 0.495 e. The third-order valence-electron chi connectivity index (χ3n) is 2.62. The van der Waals surface area contributed by atoms with E-state index in [-0.39, 0.29) is 0 Å². The second-order valence-corrected chi connectivity index (χ2v) is 4.76. The van der Waals surface area contributed by atoms with Crippen LogP contribution in [0.15, 0.2) is 42.5 Å². The minimum atomic E-state index is 0.314. The zero-order valence-corrected chi connectivity index (χ0v) is 11.9. The van der Waals surface area contributed by atoms with Crippen LogP contribution >= 0.6 is 23.8 Å². The first-order valence-corrected chi connectivity index (χ1v) is 6.40. The van der Waals surface area contributed by atoms with E-state index in [4.69, 9.17) is 34.3 Å². The fourth-order valence-corrected chi connectivity index (χ4v) is 2.08. The molecule has 19 heavy (non-hydrogen) atoms. The van der Waals surface area contributed by atoms with Crippen molar-refractivity contribution in [3.05, 3.63) is 53.1 Å². The number of para-hydroxylation sites is 2. The first-order chi connectivity index (χ1) is 9.11. The van der Waals surface area contributed by atoms with Crippen molar-refractivity contribution in [3.63, 3.8) is 0 Å². The number of nitrogens with one attached hydrogen (secondary N) is 1. The Morgan fingerprint density at radius 1 is 1.21 bits per heavy atom. The molecule has 0 heterocycles. The Kier molecular flexibility index (Phi) is 4.24. The summed E-state index contributed by atoms with van der Waals surface area (Å²) in [4.78, 5) is 0.314. The number of methoxy groups -OCH3 is 1. The fourth-order valence-electron chi connectivity index (χ4n) is 1.73. The molecule has 2 aromatic rings. The maximum absolute atomic E-state index is 6.01. The minimum absolute atomic E-state index is 0.314. The highest BCUT2D eigenvalue weighted by Crippen LogP contribution is 2.30. The van der Waals surface area contributed by atoms with Crippen LogP contribution in [0.25, 0.3) is 0 Å². The predicted octanol–water partition coefficient (Wildman–Crippen LogP) is 3.73. The van der Waals surface area contributed by atoms with Crippen molar-refractivity contribution in [1.82, 2.24) is 0 Å². The summed E-state index contributed by atoms with van der Waals surface area (Å²) in [5.41, 5.74) is 8.03. The summed E-state index contributed by atoms with van der Waals surface area (Å²) < 4.78 is 5.29. The molecule has 3 nitrogen and oxygen atoms in total. The lowest BCUT2D eigenvalue weighted by atomic mass is 10.1. The number of benzene rings is 2. The summed E-state index contributed by atoms with van der Waals surface area (Å²) in [7, 11) is 1.62. The van der Waals surface area contributed by atoms with Gasteiger partial charge in [-0.3, -0.25) is 0 Å². The van der Waals surface area contributed by atoms with E-state index in [9.17, 15) is 0 Å². The van der Waals surface area contributed by atoms with E-state index in [0.29, 0.717) is 10.0 Å². The molecule has 2 aromatic carbocycles. The van der Waals surface area contributed by atoms with Crippen LogP contribution in [0.3, 0.4) is 0 Å². The van der Waals surface area contributed by atoms with E-state index in [1.54, 1.807) is 25.3 Å². The molecule has 0 aliphatic rings. The van der Waals surface area contributed by atoms with Crippen LogP contribution in [-0.2, 0) is 0 Å². The summed E-state index contributed by atoms with van der Waals surface area (Å²) in [5, 5.41) is 3.85.